The average molecular weight is 349 g/mol. The van der Waals surface area contributed by atoms with Crippen LogP contribution < -0.4 is 5.73 Å². The molecule has 3 unspecified atom stereocenters. The Bertz CT molecular complexity index is 644. The number of hydrogen-bond acceptors (Lipinski definition) is 5. The van der Waals surface area contributed by atoms with Crippen molar-refractivity contribution in [3.8, 4) is 0 Å². The Morgan fingerprint density at radius 3 is 2.75 bits per heavy atom. The van der Waals surface area contributed by atoms with Crippen molar-refractivity contribution in [1.82, 2.24) is 9.80 Å². The highest BCUT2D eigenvalue weighted by molar-refractivity contribution is 7.12. The molecule has 2 aliphatic rings. The number of likely N-dealkylation sites (tertiary alicyclic amines) is 2. The first-order valence-electron chi connectivity index (χ1n) is 8.33. The summed E-state index contributed by atoms with van der Waals surface area (Å²) in [5, 5.41) is 1.85. The Hall–Kier alpha value is -1.73. The van der Waals surface area contributed by atoms with Crippen molar-refractivity contribution in [2.45, 2.75) is 44.8 Å². The molecule has 2 saturated heterocycles. The van der Waals surface area contributed by atoms with E-state index in [1.54, 1.807) is 15.9 Å². The second kappa shape index (κ2) is 6.64. The van der Waals surface area contributed by atoms with Crippen molar-refractivity contribution in [3.05, 3.63) is 22.4 Å². The Labute approximate surface area is 145 Å². The second-order valence-electron chi connectivity index (χ2n) is 6.95. The molecule has 0 radical (unpaired) electrons. The number of thiophene rings is 1. The molecule has 1 aromatic heterocycles. The highest BCUT2D eigenvalue weighted by atomic mass is 32.1. The van der Waals surface area contributed by atoms with E-state index in [1.807, 2.05) is 25.3 Å². The number of ketones is 1. The lowest BCUT2D eigenvalue weighted by Crippen LogP contribution is -2.50. The molecular formula is C17H23N3O3S. The van der Waals surface area contributed by atoms with E-state index in [-0.39, 0.29) is 30.2 Å². The highest BCUT2D eigenvalue weighted by Gasteiger charge is 2.51. The zero-order valence-electron chi connectivity index (χ0n) is 14.0. The molecule has 0 aliphatic carbocycles. The van der Waals surface area contributed by atoms with Crippen molar-refractivity contribution in [3.63, 3.8) is 0 Å². The number of hydrogen-bond donors (Lipinski definition) is 1. The van der Waals surface area contributed by atoms with Crippen LogP contribution in [-0.2, 0) is 9.59 Å². The van der Waals surface area contributed by atoms with E-state index in [2.05, 4.69) is 0 Å². The van der Waals surface area contributed by atoms with Crippen LogP contribution >= 0.6 is 11.3 Å². The second-order valence-corrected chi connectivity index (χ2v) is 7.89. The molecule has 2 amide bonds. The first kappa shape index (κ1) is 17.1. The lowest BCUT2D eigenvalue weighted by atomic mass is 10.0. The number of amides is 2. The minimum Gasteiger partial charge on any atom is -0.329 e. The summed E-state index contributed by atoms with van der Waals surface area (Å²) in [6.07, 6.45) is 1.23. The van der Waals surface area contributed by atoms with Gasteiger partial charge >= 0.3 is 0 Å². The van der Waals surface area contributed by atoms with Crippen molar-refractivity contribution >= 4 is 28.9 Å². The molecule has 1 aromatic rings. The lowest BCUT2D eigenvalue weighted by molar-refractivity contribution is -0.137. The molecule has 2 aliphatic heterocycles. The third-order valence-electron chi connectivity index (χ3n) is 4.74. The fourth-order valence-corrected chi connectivity index (χ4v) is 4.38. The van der Waals surface area contributed by atoms with E-state index >= 15 is 0 Å². The molecule has 0 bridgehead atoms. The quantitative estimate of drug-likeness (QED) is 0.883. The molecular weight excluding hydrogens is 326 g/mol. The number of fused-ring (bicyclic) bond motifs is 1. The number of rotatable bonds is 4. The van der Waals surface area contributed by atoms with Gasteiger partial charge in [0.25, 0.3) is 5.91 Å². The smallest absolute Gasteiger partial charge is 0.264 e. The fourth-order valence-electron chi connectivity index (χ4n) is 3.70. The maximum Gasteiger partial charge on any atom is 0.264 e. The Morgan fingerprint density at radius 1 is 1.38 bits per heavy atom. The Balaban J connectivity index is 1.75. The van der Waals surface area contributed by atoms with Gasteiger partial charge in [-0.05, 0) is 30.2 Å². The molecule has 6 nitrogen and oxygen atoms in total. The van der Waals surface area contributed by atoms with Crippen LogP contribution in [0.25, 0.3) is 0 Å². The zero-order valence-corrected chi connectivity index (χ0v) is 14.8. The van der Waals surface area contributed by atoms with Crippen molar-refractivity contribution in [2.24, 2.45) is 11.7 Å². The molecule has 7 heteroatoms. The largest absolute Gasteiger partial charge is 0.329 e. The van der Waals surface area contributed by atoms with Crippen LogP contribution in [-0.4, -0.2) is 58.6 Å². The predicted molar refractivity (Wildman–Crippen MR) is 91.7 cm³/mol. The lowest BCUT2D eigenvalue weighted by Gasteiger charge is -2.26. The van der Waals surface area contributed by atoms with E-state index < -0.39 is 12.1 Å². The van der Waals surface area contributed by atoms with Gasteiger partial charge in [-0.25, -0.2) is 0 Å². The van der Waals surface area contributed by atoms with E-state index in [9.17, 15) is 14.4 Å². The molecule has 3 atom stereocenters. The van der Waals surface area contributed by atoms with Gasteiger partial charge in [-0.1, -0.05) is 19.9 Å². The fraction of sp³-hybridized carbons (Fsp3) is 0.588. The summed E-state index contributed by atoms with van der Waals surface area (Å²) in [5.41, 5.74) is 6.02. The summed E-state index contributed by atoms with van der Waals surface area (Å²) >= 11 is 1.37. The van der Waals surface area contributed by atoms with Gasteiger partial charge < -0.3 is 15.5 Å². The van der Waals surface area contributed by atoms with E-state index in [1.165, 1.54) is 11.3 Å². The average Bonchev–Trinajstić information content (AvgIpc) is 3.23. The van der Waals surface area contributed by atoms with Gasteiger partial charge in [-0.15, -0.1) is 11.3 Å². The topological polar surface area (TPSA) is 83.7 Å². The van der Waals surface area contributed by atoms with E-state index in [0.29, 0.717) is 30.2 Å². The summed E-state index contributed by atoms with van der Waals surface area (Å²) in [4.78, 5) is 41.6. The van der Waals surface area contributed by atoms with Gasteiger partial charge in [0.15, 0.2) is 5.78 Å². The summed E-state index contributed by atoms with van der Waals surface area (Å²) in [7, 11) is 0. The van der Waals surface area contributed by atoms with Crippen LogP contribution in [0.4, 0.5) is 0 Å². The maximum absolute atomic E-state index is 12.6. The molecule has 24 heavy (non-hydrogen) atoms. The standard InChI is InChI=1S/C17H23N3O3S/c1-10(2)8-11(18)16(22)19-6-5-12-15(19)13(21)9-20(12)17(23)14-4-3-7-24-14/h3-4,7,10-12,15H,5-6,8-9,18H2,1-2H3. The van der Waals surface area contributed by atoms with Gasteiger partial charge in [0.1, 0.15) is 6.04 Å². The van der Waals surface area contributed by atoms with E-state index in [0.717, 1.165) is 0 Å². The van der Waals surface area contributed by atoms with Crippen LogP contribution in [0.5, 0.6) is 0 Å². The molecule has 0 saturated carbocycles. The van der Waals surface area contributed by atoms with Gasteiger partial charge in [-0.3, -0.25) is 14.4 Å². The third kappa shape index (κ3) is 2.98. The molecule has 130 valence electrons. The van der Waals surface area contributed by atoms with E-state index in [4.69, 9.17) is 5.73 Å². The summed E-state index contributed by atoms with van der Waals surface area (Å²) in [6, 6.07) is 2.25. The minimum atomic E-state index is -0.585. The first-order chi connectivity index (χ1) is 11.4. The van der Waals surface area contributed by atoms with Crippen LogP contribution in [0.2, 0.25) is 0 Å². The molecule has 2 N–H and O–H groups in total. The molecule has 3 rings (SSSR count). The zero-order chi connectivity index (χ0) is 17.4. The Morgan fingerprint density at radius 2 is 2.12 bits per heavy atom. The van der Waals surface area contributed by atoms with Crippen LogP contribution in [0.1, 0.15) is 36.4 Å². The minimum absolute atomic E-state index is 0.0625. The number of nitrogens with zero attached hydrogens (tertiary/aromatic N) is 2. The van der Waals surface area contributed by atoms with Gasteiger partial charge in [0.05, 0.1) is 23.5 Å². The number of Topliss-reactive ketones (excluding diaryl/α,β-unsaturated/α-hetero) is 1. The first-order valence-corrected chi connectivity index (χ1v) is 9.21. The monoisotopic (exact) mass is 349 g/mol. The van der Waals surface area contributed by atoms with Gasteiger partial charge in [0, 0.05) is 6.54 Å². The number of carbonyl (C=O) groups is 3. The highest BCUT2D eigenvalue weighted by Crippen LogP contribution is 2.32. The number of carbonyl (C=O) groups excluding carboxylic acids is 3. The maximum atomic E-state index is 12.6. The summed E-state index contributed by atoms with van der Waals surface area (Å²) in [5.74, 6) is -0.0346. The molecule has 0 aromatic carbocycles. The molecule has 0 spiro atoms. The van der Waals surface area contributed by atoms with Gasteiger partial charge in [-0.2, -0.15) is 0 Å². The van der Waals surface area contributed by atoms with Crippen LogP contribution in [0, 0.1) is 5.92 Å². The normalized spacial score (nSPS) is 24.6. The van der Waals surface area contributed by atoms with Crippen molar-refractivity contribution in [1.29, 1.82) is 0 Å². The van der Waals surface area contributed by atoms with Crippen molar-refractivity contribution < 1.29 is 14.4 Å². The van der Waals surface area contributed by atoms with Gasteiger partial charge in [0.2, 0.25) is 5.91 Å². The predicted octanol–water partition coefficient (Wildman–Crippen LogP) is 1.12. The molecule has 2 fully saturated rings. The summed E-state index contributed by atoms with van der Waals surface area (Å²) in [6.45, 7) is 4.60. The van der Waals surface area contributed by atoms with Crippen LogP contribution in [0.3, 0.4) is 0 Å². The Kier molecular flexibility index (Phi) is 4.73. The molecule has 3 heterocycles. The third-order valence-corrected chi connectivity index (χ3v) is 5.60. The SMILES string of the molecule is CC(C)CC(N)C(=O)N1CCC2C1C(=O)CN2C(=O)c1cccs1. The van der Waals surface area contributed by atoms with Crippen molar-refractivity contribution in [2.75, 3.05) is 13.1 Å². The number of nitrogens with two attached hydrogens (primary N) is 1. The van der Waals surface area contributed by atoms with Crippen LogP contribution in [0.15, 0.2) is 17.5 Å². The summed E-state index contributed by atoms with van der Waals surface area (Å²) < 4.78 is 0.